The molecule has 0 radical (unpaired) electrons. The fourth-order valence-corrected chi connectivity index (χ4v) is 5.32. The first kappa shape index (κ1) is 31.2. The van der Waals surface area contributed by atoms with E-state index in [0.29, 0.717) is 23.9 Å². The first-order valence-electron chi connectivity index (χ1n) is 14.0. The zero-order chi connectivity index (χ0) is 29.1. The molecule has 1 aliphatic heterocycles. The van der Waals surface area contributed by atoms with E-state index in [1.54, 1.807) is 37.0 Å². The van der Waals surface area contributed by atoms with Crippen LogP contribution in [0, 0.1) is 0 Å². The number of hydrogen-bond acceptors (Lipinski definition) is 7. The largest absolute Gasteiger partial charge is 0.462 e. The minimum absolute atomic E-state index is 0.0321. The fraction of sp³-hybridized carbons (Fsp3) is 0.452. The van der Waals surface area contributed by atoms with Crippen molar-refractivity contribution in [1.29, 1.82) is 0 Å². The molecule has 8 nitrogen and oxygen atoms in total. The number of hydrogen-bond donors (Lipinski definition) is 1. The summed E-state index contributed by atoms with van der Waals surface area (Å²) in [5, 5.41) is 7.74. The van der Waals surface area contributed by atoms with Crippen molar-refractivity contribution < 1.29 is 18.8 Å². The molecular weight excluding hydrogens is 524 g/mol. The number of thioether (sulfide) groups is 1. The third kappa shape index (κ3) is 8.11. The van der Waals surface area contributed by atoms with Crippen molar-refractivity contribution in [3.05, 3.63) is 72.3 Å². The van der Waals surface area contributed by atoms with Crippen LogP contribution >= 0.6 is 11.8 Å². The minimum Gasteiger partial charge on any atom is -0.462 e. The number of carbonyl (C=O) groups excluding carboxylic acids is 2. The standard InChI is InChI=1S/C23H33N3O3.C8H9NOS/c1-5-11-26-20-8-7-17(23(28)29-6-2)14-18(20)15-21(26)22(27)24-19-9-12-25(13-10-19)16(3)4;1-3-4-8(11-2)7-5-6-9-10-7/h7-8,14-16,19H,5-6,9-13H2,1-4H3,(H,24,27);3-6H,1H2,2H3/b;8-4-. The predicted octanol–water partition coefficient (Wildman–Crippen LogP) is 6.40. The summed E-state index contributed by atoms with van der Waals surface area (Å²) in [7, 11) is 0. The molecule has 216 valence electrons. The maximum atomic E-state index is 13.1. The normalized spacial score (nSPS) is 14.6. The van der Waals surface area contributed by atoms with E-state index in [2.05, 4.69) is 47.3 Å². The van der Waals surface area contributed by atoms with Crippen molar-refractivity contribution in [3.63, 3.8) is 0 Å². The highest BCUT2D eigenvalue weighted by molar-refractivity contribution is 8.07. The number of carbonyl (C=O) groups is 2. The smallest absolute Gasteiger partial charge is 0.338 e. The van der Waals surface area contributed by atoms with Crippen molar-refractivity contribution in [2.75, 3.05) is 26.0 Å². The maximum absolute atomic E-state index is 13.1. The number of piperidine rings is 1. The van der Waals surface area contributed by atoms with Crippen LogP contribution in [-0.4, -0.2) is 64.5 Å². The van der Waals surface area contributed by atoms with Crippen molar-refractivity contribution in [2.45, 2.75) is 65.6 Å². The summed E-state index contributed by atoms with van der Waals surface area (Å²) in [6.45, 7) is 15.1. The number of ether oxygens (including phenoxy) is 1. The first-order chi connectivity index (χ1) is 19.3. The Kier molecular flexibility index (Phi) is 12.1. The summed E-state index contributed by atoms with van der Waals surface area (Å²) in [4.78, 5) is 28.6. The number of amides is 1. The van der Waals surface area contributed by atoms with Crippen molar-refractivity contribution >= 4 is 39.4 Å². The average molecular weight is 567 g/mol. The van der Waals surface area contributed by atoms with Crippen LogP contribution in [0.25, 0.3) is 15.8 Å². The molecule has 0 saturated carbocycles. The van der Waals surface area contributed by atoms with Gasteiger partial charge in [0.15, 0.2) is 5.76 Å². The van der Waals surface area contributed by atoms with Crippen LogP contribution in [0.4, 0.5) is 0 Å². The Hall–Kier alpha value is -3.30. The molecule has 40 heavy (non-hydrogen) atoms. The van der Waals surface area contributed by atoms with Gasteiger partial charge in [-0.1, -0.05) is 24.7 Å². The van der Waals surface area contributed by atoms with E-state index in [4.69, 9.17) is 9.26 Å². The van der Waals surface area contributed by atoms with Gasteiger partial charge < -0.3 is 24.0 Å². The molecule has 0 aliphatic carbocycles. The Morgan fingerprint density at radius 1 is 1.23 bits per heavy atom. The third-order valence-corrected chi connectivity index (χ3v) is 7.63. The molecule has 1 amide bonds. The molecule has 1 aliphatic rings. The lowest BCUT2D eigenvalue weighted by molar-refractivity contribution is 0.0526. The highest BCUT2D eigenvalue weighted by Gasteiger charge is 2.24. The number of nitrogens with zero attached hydrogens (tertiary/aromatic N) is 3. The highest BCUT2D eigenvalue weighted by Crippen LogP contribution is 2.25. The van der Waals surface area contributed by atoms with Gasteiger partial charge in [-0.15, -0.1) is 11.8 Å². The van der Waals surface area contributed by atoms with E-state index in [-0.39, 0.29) is 17.9 Å². The number of aryl methyl sites for hydroxylation is 1. The number of rotatable bonds is 10. The van der Waals surface area contributed by atoms with E-state index >= 15 is 0 Å². The predicted molar refractivity (Wildman–Crippen MR) is 164 cm³/mol. The molecule has 1 aromatic carbocycles. The maximum Gasteiger partial charge on any atom is 0.338 e. The molecular formula is C31H42N4O4S. The van der Waals surface area contributed by atoms with E-state index in [1.165, 1.54) is 0 Å². The summed E-state index contributed by atoms with van der Waals surface area (Å²) >= 11 is 1.61. The Labute approximate surface area is 241 Å². The lowest BCUT2D eigenvalue weighted by Gasteiger charge is -2.34. The zero-order valence-electron chi connectivity index (χ0n) is 24.3. The van der Waals surface area contributed by atoms with Gasteiger partial charge in [0.05, 0.1) is 23.3 Å². The van der Waals surface area contributed by atoms with Crippen molar-refractivity contribution in [1.82, 2.24) is 19.9 Å². The summed E-state index contributed by atoms with van der Waals surface area (Å²) in [6.07, 6.45) is 10.1. The fourth-order valence-electron chi connectivity index (χ4n) is 4.79. The van der Waals surface area contributed by atoms with Crippen LogP contribution in [0.15, 0.2) is 59.8 Å². The van der Waals surface area contributed by atoms with Gasteiger partial charge in [0.25, 0.3) is 5.91 Å². The van der Waals surface area contributed by atoms with Crippen LogP contribution in [0.5, 0.6) is 0 Å². The second-order valence-corrected chi connectivity index (χ2v) is 10.7. The molecule has 2 aromatic heterocycles. The van der Waals surface area contributed by atoms with Gasteiger partial charge in [0.2, 0.25) is 0 Å². The molecule has 3 aromatic rings. The molecule has 4 rings (SSSR count). The topological polar surface area (TPSA) is 89.6 Å². The number of aromatic nitrogens is 2. The third-order valence-electron chi connectivity index (χ3n) is 6.86. The second kappa shape index (κ2) is 15.5. The van der Waals surface area contributed by atoms with Gasteiger partial charge in [0.1, 0.15) is 5.69 Å². The molecule has 0 atom stereocenters. The number of esters is 1. The van der Waals surface area contributed by atoms with Gasteiger partial charge in [-0.25, -0.2) is 4.79 Å². The van der Waals surface area contributed by atoms with E-state index in [1.807, 2.05) is 36.6 Å². The van der Waals surface area contributed by atoms with Gasteiger partial charge in [-0.05, 0) is 76.6 Å². The summed E-state index contributed by atoms with van der Waals surface area (Å²) in [5.74, 6) is 0.424. The van der Waals surface area contributed by atoms with Crippen LogP contribution in [-0.2, 0) is 11.3 Å². The number of allylic oxidation sites excluding steroid dienone is 2. The number of benzene rings is 1. The zero-order valence-corrected chi connectivity index (χ0v) is 25.1. The molecule has 1 saturated heterocycles. The number of likely N-dealkylation sites (tertiary alicyclic amines) is 1. The van der Waals surface area contributed by atoms with Crippen LogP contribution in [0.2, 0.25) is 0 Å². The quantitative estimate of drug-likeness (QED) is 0.224. The monoisotopic (exact) mass is 566 g/mol. The van der Waals surface area contributed by atoms with E-state index in [0.717, 1.165) is 60.5 Å². The minimum atomic E-state index is -0.333. The van der Waals surface area contributed by atoms with Crippen LogP contribution in [0.3, 0.4) is 0 Å². The number of fused-ring (bicyclic) bond motifs is 1. The van der Waals surface area contributed by atoms with Gasteiger partial charge in [0, 0.05) is 48.7 Å². The van der Waals surface area contributed by atoms with Gasteiger partial charge in [-0.3, -0.25) is 4.79 Å². The van der Waals surface area contributed by atoms with E-state index in [9.17, 15) is 9.59 Å². The van der Waals surface area contributed by atoms with Gasteiger partial charge in [-0.2, -0.15) is 0 Å². The van der Waals surface area contributed by atoms with Gasteiger partial charge >= 0.3 is 5.97 Å². The molecule has 1 fully saturated rings. The molecule has 1 N–H and O–H groups in total. The molecule has 9 heteroatoms. The molecule has 0 bridgehead atoms. The highest BCUT2D eigenvalue weighted by atomic mass is 32.2. The Morgan fingerprint density at radius 2 is 1.98 bits per heavy atom. The molecule has 0 spiro atoms. The Morgan fingerprint density at radius 3 is 2.55 bits per heavy atom. The van der Waals surface area contributed by atoms with Crippen LogP contribution < -0.4 is 5.32 Å². The summed E-state index contributed by atoms with van der Waals surface area (Å²) in [5.41, 5.74) is 2.15. The second-order valence-electron chi connectivity index (χ2n) is 9.90. The Balaban J connectivity index is 0.000000336. The average Bonchev–Trinajstić information content (AvgIpc) is 3.61. The van der Waals surface area contributed by atoms with Crippen molar-refractivity contribution in [3.8, 4) is 0 Å². The summed E-state index contributed by atoms with van der Waals surface area (Å²) in [6, 6.07) is 9.98. The summed E-state index contributed by atoms with van der Waals surface area (Å²) < 4.78 is 12.1. The van der Waals surface area contributed by atoms with E-state index < -0.39 is 0 Å². The number of nitrogens with one attached hydrogen (secondary N) is 1. The SMILES string of the molecule is C=C/C=C(\SC)c1ccno1.CCCn1c(C(=O)NC2CCN(C(C)C)CC2)cc2cc(C(=O)OCC)ccc21. The first-order valence-corrected chi connectivity index (χ1v) is 15.2. The lowest BCUT2D eigenvalue weighted by atomic mass is 10.0. The molecule has 0 unspecified atom stereocenters. The lowest BCUT2D eigenvalue weighted by Crippen LogP contribution is -2.46. The van der Waals surface area contributed by atoms with Crippen LogP contribution in [0.1, 0.15) is 73.6 Å². The van der Waals surface area contributed by atoms with Crippen molar-refractivity contribution in [2.24, 2.45) is 0 Å². The Bertz CT molecular complexity index is 1290. The molecule has 3 heterocycles.